The van der Waals surface area contributed by atoms with E-state index in [9.17, 15) is 36.4 Å². The summed E-state index contributed by atoms with van der Waals surface area (Å²) in [6, 6.07) is 12.3. The molecule has 0 spiro atoms. The number of halogens is 3. The predicted octanol–water partition coefficient (Wildman–Crippen LogP) is 5.13. The van der Waals surface area contributed by atoms with E-state index in [0.717, 1.165) is 33.5 Å². The Balaban J connectivity index is 1.78. The second kappa shape index (κ2) is 13.4. The first-order valence-corrected chi connectivity index (χ1v) is 15.2. The van der Waals surface area contributed by atoms with E-state index in [1.54, 1.807) is 65.8 Å². The number of nitrogens with one attached hydrogen (secondary N) is 1. The fourth-order valence-corrected chi connectivity index (χ4v) is 4.73. The number of hydrogen-bond acceptors (Lipinski definition) is 9. The van der Waals surface area contributed by atoms with Gasteiger partial charge in [-0.05, 0) is 78.8 Å². The molecular weight excluding hydrogens is 633 g/mol. The number of hydrogen-bond donors (Lipinski definition) is 1. The van der Waals surface area contributed by atoms with Crippen molar-refractivity contribution in [1.82, 2.24) is 19.5 Å². The van der Waals surface area contributed by atoms with Crippen LogP contribution < -0.4 is 4.72 Å². The lowest BCUT2D eigenvalue weighted by Gasteiger charge is -2.29. The first-order chi connectivity index (χ1) is 21.1. The van der Waals surface area contributed by atoms with Gasteiger partial charge in [-0.25, -0.2) is 17.8 Å². The highest BCUT2D eigenvalue weighted by atomic mass is 32.2. The number of carbonyl (C=O) groups is 2. The molecule has 0 saturated heterocycles. The van der Waals surface area contributed by atoms with Gasteiger partial charge in [0.25, 0.3) is 22.7 Å². The van der Waals surface area contributed by atoms with E-state index in [1.165, 1.54) is 12.1 Å². The third-order valence-electron chi connectivity index (χ3n) is 6.24. The molecule has 250 valence electrons. The van der Waals surface area contributed by atoms with Gasteiger partial charge in [0, 0.05) is 5.56 Å². The Kier molecular flexibility index (Phi) is 10.4. The monoisotopic (exact) mass is 668 g/mol. The third kappa shape index (κ3) is 9.18. The molecule has 3 rings (SSSR count). The summed E-state index contributed by atoms with van der Waals surface area (Å²) in [6.07, 6.45) is -4.72. The number of aryl methyl sites for hydroxylation is 1. The number of benzene rings is 2. The Morgan fingerprint density at radius 3 is 2.13 bits per heavy atom. The van der Waals surface area contributed by atoms with Crippen molar-refractivity contribution in [2.75, 3.05) is 13.3 Å². The summed E-state index contributed by atoms with van der Waals surface area (Å²) in [5.74, 6) is -1.70. The topological polar surface area (TPSA) is 158 Å². The van der Waals surface area contributed by atoms with E-state index in [-0.39, 0.29) is 21.2 Å². The van der Waals surface area contributed by atoms with Gasteiger partial charge in [-0.1, -0.05) is 29.8 Å². The van der Waals surface area contributed by atoms with Crippen molar-refractivity contribution in [3.05, 3.63) is 71.1 Å². The molecule has 0 aliphatic heterocycles. The van der Waals surface area contributed by atoms with Crippen molar-refractivity contribution in [3.63, 3.8) is 0 Å². The zero-order valence-electron chi connectivity index (χ0n) is 26.2. The third-order valence-corrected chi connectivity index (χ3v) is 7.63. The lowest BCUT2D eigenvalue weighted by atomic mass is 9.98. The van der Waals surface area contributed by atoms with Crippen molar-refractivity contribution in [1.29, 1.82) is 0 Å². The minimum absolute atomic E-state index is 0.0726. The molecule has 0 aliphatic rings. The van der Waals surface area contributed by atoms with Crippen molar-refractivity contribution in [2.45, 2.75) is 65.1 Å². The van der Waals surface area contributed by atoms with Gasteiger partial charge in [0.1, 0.15) is 0 Å². The van der Waals surface area contributed by atoms with Gasteiger partial charge >= 0.3 is 12.1 Å². The van der Waals surface area contributed by atoms with Gasteiger partial charge in [0.05, 0.1) is 32.2 Å². The summed E-state index contributed by atoms with van der Waals surface area (Å²) in [6.45, 7) is 9.89. The van der Waals surface area contributed by atoms with Crippen LogP contribution in [0.25, 0.3) is 16.9 Å². The molecule has 17 heteroatoms. The number of ether oxygens (including phenoxy) is 1. The minimum Gasteiger partial charge on any atom is -0.569 e. The molecular formula is C29H35F3N6O7S. The second-order valence-electron chi connectivity index (χ2n) is 12.2. The number of hydrazine groups is 1. The van der Waals surface area contributed by atoms with Crippen LogP contribution in [-0.2, 0) is 35.4 Å². The average molecular weight is 669 g/mol. The highest BCUT2D eigenvalue weighted by molar-refractivity contribution is 7.90. The number of carbonyl (C=O) groups excluding carboxylic acids is 2. The maximum Gasteiger partial charge on any atom is 0.435 e. The van der Waals surface area contributed by atoms with Crippen molar-refractivity contribution in [2.24, 2.45) is 10.7 Å². The highest BCUT2D eigenvalue weighted by Crippen LogP contribution is 2.33. The molecule has 2 aromatic carbocycles. The molecule has 1 N–H and O–H groups in total. The summed E-state index contributed by atoms with van der Waals surface area (Å²) < 4.78 is 74.3. The number of rotatable bonds is 10. The van der Waals surface area contributed by atoms with Crippen LogP contribution in [0.2, 0.25) is 0 Å². The highest BCUT2D eigenvalue weighted by Gasteiger charge is 2.36. The van der Waals surface area contributed by atoms with Crippen LogP contribution in [0.3, 0.4) is 0 Å². The summed E-state index contributed by atoms with van der Waals surface area (Å²) in [5.41, 5.74) is -1.38. The number of aromatic nitrogens is 2. The number of nitrogens with zero attached hydrogens (tertiary/aromatic N) is 5. The molecule has 3 aromatic rings. The van der Waals surface area contributed by atoms with E-state index < -0.39 is 58.1 Å². The molecule has 46 heavy (non-hydrogen) atoms. The summed E-state index contributed by atoms with van der Waals surface area (Å²) >= 11 is 0. The number of esters is 1. The molecule has 0 atom stereocenters. The number of alkyl halides is 3. The molecule has 1 heterocycles. The van der Waals surface area contributed by atoms with E-state index in [2.05, 4.69) is 10.4 Å². The molecule has 0 aliphatic carbocycles. The minimum atomic E-state index is -4.72. The van der Waals surface area contributed by atoms with E-state index in [0.29, 0.717) is 5.56 Å². The summed E-state index contributed by atoms with van der Waals surface area (Å²) in [7, 11) is -4.48. The normalized spacial score (nSPS) is 12.9. The molecule has 13 nitrogen and oxygen atoms in total. The van der Waals surface area contributed by atoms with Crippen LogP contribution >= 0.6 is 0 Å². The number of amides is 1. The Bertz CT molecular complexity index is 1690. The van der Waals surface area contributed by atoms with Crippen LogP contribution in [0.4, 0.5) is 13.2 Å². The first-order valence-electron chi connectivity index (χ1n) is 13.7. The van der Waals surface area contributed by atoms with Gasteiger partial charge in [0.2, 0.25) is 5.28 Å². The molecule has 1 aromatic heterocycles. The largest absolute Gasteiger partial charge is 0.569 e. The van der Waals surface area contributed by atoms with Crippen molar-refractivity contribution >= 4 is 21.9 Å². The van der Waals surface area contributed by atoms with Gasteiger partial charge in [-0.3, -0.25) is 9.59 Å². The molecule has 0 fully saturated rings. The maximum atomic E-state index is 13.5. The Morgan fingerprint density at radius 2 is 1.61 bits per heavy atom. The van der Waals surface area contributed by atoms with Gasteiger partial charge in [-0.15, -0.1) is 5.01 Å². The zero-order chi connectivity index (χ0) is 34.7. The van der Waals surface area contributed by atoms with Gasteiger partial charge < -0.3 is 14.8 Å². The van der Waals surface area contributed by atoms with Crippen LogP contribution in [-0.4, -0.2) is 58.9 Å². The molecule has 0 bridgehead atoms. The van der Waals surface area contributed by atoms with E-state index >= 15 is 0 Å². The van der Waals surface area contributed by atoms with Crippen LogP contribution in [0.15, 0.2) is 64.8 Å². The quantitative estimate of drug-likeness (QED) is 0.0772. The Hall–Kier alpha value is -4.67. The lowest BCUT2D eigenvalue weighted by molar-refractivity contribution is -0.723. The van der Waals surface area contributed by atoms with Crippen molar-refractivity contribution < 1.29 is 45.7 Å². The molecule has 0 radical (unpaired) electrons. The fourth-order valence-electron chi connectivity index (χ4n) is 3.76. The zero-order valence-corrected chi connectivity index (χ0v) is 27.1. The Morgan fingerprint density at radius 1 is 1.02 bits per heavy atom. The van der Waals surface area contributed by atoms with Crippen LogP contribution in [0, 0.1) is 17.5 Å². The Labute approximate surface area is 264 Å². The molecule has 1 amide bonds. The first kappa shape index (κ1) is 35.8. The van der Waals surface area contributed by atoms with Gasteiger partial charge in [0.15, 0.2) is 12.2 Å². The molecule has 0 saturated carbocycles. The smallest absolute Gasteiger partial charge is 0.435 e. The van der Waals surface area contributed by atoms with Crippen LogP contribution in [0.1, 0.15) is 52.8 Å². The average Bonchev–Trinajstić information content (AvgIpc) is 3.39. The fraction of sp³-hybridized carbons (Fsp3) is 0.414. The number of sulfonamides is 1. The second-order valence-corrected chi connectivity index (χ2v) is 13.9. The van der Waals surface area contributed by atoms with E-state index in [1.807, 2.05) is 11.6 Å². The summed E-state index contributed by atoms with van der Waals surface area (Å²) in [5, 5.41) is 20.4. The SMILES string of the molecule is Cc1ccc(-c2cc(C(F)(F)F)nn2-c2ccc(S(=O)(=O)NC(=O)CN(/[N+]([O-])=N/OCOC(=O)C(C)(C)C)C(C)(C)C)cc2)cc1. The molecule has 0 unspecified atom stereocenters. The van der Waals surface area contributed by atoms with E-state index in [4.69, 9.17) is 9.57 Å². The lowest BCUT2D eigenvalue weighted by Crippen LogP contribution is -2.51. The van der Waals surface area contributed by atoms with Crippen molar-refractivity contribution in [3.8, 4) is 16.9 Å². The van der Waals surface area contributed by atoms with Crippen LogP contribution in [0.5, 0.6) is 0 Å². The standard InChI is InChI=1S/C29H35F3N6O7S/c1-19-8-10-20(11-9-19)23-16-24(29(30,31)32)33-37(23)21-12-14-22(15-13-21)46(42,43)34-25(39)17-36(28(5,6)7)38(41)35-45-18-44-26(40)27(2,3)4/h8-16H,17-18H2,1-7H3,(H,34,39)/b38-35-. The van der Waals surface area contributed by atoms with Gasteiger partial charge in [-0.2, -0.15) is 18.3 Å². The summed E-state index contributed by atoms with van der Waals surface area (Å²) in [4.78, 5) is 28.9. The predicted molar refractivity (Wildman–Crippen MR) is 158 cm³/mol. The maximum absolute atomic E-state index is 13.5.